The molecule has 1 saturated carbocycles. The summed E-state index contributed by atoms with van der Waals surface area (Å²) < 4.78 is 0. The first kappa shape index (κ1) is 15.5. The quantitative estimate of drug-likeness (QED) is 0.559. The Morgan fingerprint density at radius 2 is 1.44 bits per heavy atom. The smallest absolute Gasteiger partial charge is 0.000125 e. The van der Waals surface area contributed by atoms with Crippen molar-refractivity contribution >= 4 is 0 Å². The lowest BCUT2D eigenvalue weighted by atomic mass is 9.62. The van der Waals surface area contributed by atoms with Crippen LogP contribution in [0.5, 0.6) is 0 Å². The molecule has 0 aromatic carbocycles. The molecule has 0 heterocycles. The highest BCUT2D eigenvalue weighted by atomic mass is 14.4. The predicted octanol–water partition coefficient (Wildman–Crippen LogP) is 5.71. The van der Waals surface area contributed by atoms with Crippen molar-refractivity contribution in [2.24, 2.45) is 35.5 Å². The van der Waals surface area contributed by atoms with E-state index in [1.807, 2.05) is 0 Å². The molecule has 5 atom stereocenters. The van der Waals surface area contributed by atoms with Crippen LogP contribution in [0.2, 0.25) is 0 Å². The molecule has 1 aliphatic rings. The third-order valence-corrected chi connectivity index (χ3v) is 5.70. The molecule has 0 aromatic rings. The molecule has 0 amide bonds. The van der Waals surface area contributed by atoms with Crippen LogP contribution >= 0.6 is 0 Å². The van der Waals surface area contributed by atoms with Crippen molar-refractivity contribution in [3.05, 3.63) is 24.3 Å². The highest BCUT2D eigenvalue weighted by Gasteiger charge is 2.36. The summed E-state index contributed by atoms with van der Waals surface area (Å²) in [4.78, 5) is 0. The third-order valence-electron chi connectivity index (χ3n) is 5.70. The average Bonchev–Trinajstić information content (AvgIpc) is 2.28. The molecule has 0 spiro atoms. The van der Waals surface area contributed by atoms with Gasteiger partial charge in [0.15, 0.2) is 0 Å². The SMILES string of the molecule is C=C(C)C(CC1CC(C)C(C)C(C)C1C)C(=C)C. The Labute approximate surface area is 115 Å². The fourth-order valence-corrected chi connectivity index (χ4v) is 3.77. The van der Waals surface area contributed by atoms with Gasteiger partial charge in [-0.3, -0.25) is 0 Å². The van der Waals surface area contributed by atoms with Crippen LogP contribution in [0.3, 0.4) is 0 Å². The van der Waals surface area contributed by atoms with Gasteiger partial charge in [0.1, 0.15) is 0 Å². The Hall–Kier alpha value is -0.520. The molecule has 0 heteroatoms. The maximum absolute atomic E-state index is 4.16. The molecule has 0 radical (unpaired) electrons. The number of hydrogen-bond acceptors (Lipinski definition) is 0. The number of allylic oxidation sites excluding steroid dienone is 2. The van der Waals surface area contributed by atoms with Gasteiger partial charge in [-0.05, 0) is 62.2 Å². The first-order chi connectivity index (χ1) is 8.25. The van der Waals surface area contributed by atoms with Crippen molar-refractivity contribution in [2.75, 3.05) is 0 Å². The lowest BCUT2D eigenvalue weighted by Gasteiger charge is -2.44. The van der Waals surface area contributed by atoms with Gasteiger partial charge in [-0.15, -0.1) is 0 Å². The Kier molecular flexibility index (Phi) is 5.25. The van der Waals surface area contributed by atoms with E-state index in [-0.39, 0.29) is 0 Å². The minimum Gasteiger partial charge on any atom is -0.0995 e. The summed E-state index contributed by atoms with van der Waals surface area (Å²) in [7, 11) is 0. The zero-order valence-corrected chi connectivity index (χ0v) is 13.3. The van der Waals surface area contributed by atoms with Gasteiger partial charge >= 0.3 is 0 Å². The fraction of sp³-hybridized carbons (Fsp3) is 0.778. The van der Waals surface area contributed by atoms with E-state index < -0.39 is 0 Å². The molecular weight excluding hydrogens is 216 g/mol. The molecule has 0 aliphatic heterocycles. The van der Waals surface area contributed by atoms with Crippen LogP contribution in [-0.2, 0) is 0 Å². The zero-order valence-electron chi connectivity index (χ0n) is 13.3. The average molecular weight is 248 g/mol. The topological polar surface area (TPSA) is 0 Å². The summed E-state index contributed by atoms with van der Waals surface area (Å²) in [6.45, 7) is 22.4. The van der Waals surface area contributed by atoms with Gasteiger partial charge in [-0.2, -0.15) is 0 Å². The molecule has 1 fully saturated rings. The third kappa shape index (κ3) is 3.28. The van der Waals surface area contributed by atoms with Crippen LogP contribution < -0.4 is 0 Å². The highest BCUT2D eigenvalue weighted by Crippen LogP contribution is 2.45. The van der Waals surface area contributed by atoms with Crippen molar-refractivity contribution in [1.29, 1.82) is 0 Å². The molecule has 0 nitrogen and oxygen atoms in total. The highest BCUT2D eigenvalue weighted by molar-refractivity contribution is 5.13. The van der Waals surface area contributed by atoms with Gasteiger partial charge in [0.25, 0.3) is 0 Å². The maximum atomic E-state index is 4.16. The standard InChI is InChI=1S/C18H32/c1-11(2)18(12(3)4)10-17-9-13(5)14(6)15(7)16(17)8/h13-18H,1,3,9-10H2,2,4-8H3. The van der Waals surface area contributed by atoms with Crippen LogP contribution in [0.25, 0.3) is 0 Å². The lowest BCUT2D eigenvalue weighted by Crippen LogP contribution is -2.36. The van der Waals surface area contributed by atoms with Crippen LogP contribution in [-0.4, -0.2) is 0 Å². The lowest BCUT2D eigenvalue weighted by molar-refractivity contribution is 0.0663. The normalized spacial score (nSPS) is 36.7. The second-order valence-corrected chi connectivity index (χ2v) is 7.03. The van der Waals surface area contributed by atoms with Crippen LogP contribution in [0.15, 0.2) is 24.3 Å². The Morgan fingerprint density at radius 3 is 1.89 bits per heavy atom. The molecule has 0 bridgehead atoms. The fourth-order valence-electron chi connectivity index (χ4n) is 3.77. The minimum absolute atomic E-state index is 0.519. The summed E-state index contributed by atoms with van der Waals surface area (Å²) in [5.74, 6) is 4.75. The molecule has 104 valence electrons. The van der Waals surface area contributed by atoms with E-state index in [4.69, 9.17) is 0 Å². The van der Waals surface area contributed by atoms with Gasteiger partial charge in [-0.25, -0.2) is 0 Å². The Morgan fingerprint density at radius 1 is 0.944 bits per heavy atom. The Balaban J connectivity index is 2.77. The first-order valence-corrected chi connectivity index (χ1v) is 7.56. The molecule has 5 unspecified atom stereocenters. The van der Waals surface area contributed by atoms with Crippen molar-refractivity contribution in [2.45, 2.75) is 54.4 Å². The van der Waals surface area contributed by atoms with Crippen LogP contribution in [0.1, 0.15) is 54.4 Å². The van der Waals surface area contributed by atoms with Gasteiger partial charge in [0.2, 0.25) is 0 Å². The maximum Gasteiger partial charge on any atom is -0.000125 e. The molecule has 1 rings (SSSR count). The summed E-state index contributed by atoms with van der Waals surface area (Å²) in [5, 5.41) is 0. The van der Waals surface area contributed by atoms with E-state index in [9.17, 15) is 0 Å². The first-order valence-electron chi connectivity index (χ1n) is 7.56. The molecule has 18 heavy (non-hydrogen) atoms. The Bertz CT molecular complexity index is 298. The van der Waals surface area contributed by atoms with E-state index >= 15 is 0 Å². The van der Waals surface area contributed by atoms with E-state index in [2.05, 4.69) is 54.7 Å². The van der Waals surface area contributed by atoms with Crippen LogP contribution in [0.4, 0.5) is 0 Å². The largest absolute Gasteiger partial charge is 0.0995 e. The summed E-state index contributed by atoms with van der Waals surface area (Å²) in [5.41, 5.74) is 2.57. The van der Waals surface area contributed by atoms with E-state index in [0.717, 1.165) is 29.6 Å². The van der Waals surface area contributed by atoms with Gasteiger partial charge < -0.3 is 0 Å². The predicted molar refractivity (Wildman–Crippen MR) is 82.5 cm³/mol. The monoisotopic (exact) mass is 248 g/mol. The second-order valence-electron chi connectivity index (χ2n) is 7.03. The summed E-state index contributed by atoms with van der Waals surface area (Å²) >= 11 is 0. The second kappa shape index (κ2) is 6.08. The minimum atomic E-state index is 0.519. The van der Waals surface area contributed by atoms with Crippen molar-refractivity contribution in [3.63, 3.8) is 0 Å². The van der Waals surface area contributed by atoms with Crippen molar-refractivity contribution in [1.82, 2.24) is 0 Å². The molecule has 1 aliphatic carbocycles. The van der Waals surface area contributed by atoms with Gasteiger partial charge in [0, 0.05) is 0 Å². The summed E-state index contributed by atoms with van der Waals surface area (Å²) in [6.07, 6.45) is 2.64. The van der Waals surface area contributed by atoms with Crippen molar-refractivity contribution < 1.29 is 0 Å². The van der Waals surface area contributed by atoms with Gasteiger partial charge in [-0.1, -0.05) is 52.0 Å². The molecule has 0 saturated heterocycles. The van der Waals surface area contributed by atoms with E-state index in [1.165, 1.54) is 24.0 Å². The van der Waals surface area contributed by atoms with Crippen LogP contribution in [0, 0.1) is 35.5 Å². The number of hydrogen-bond donors (Lipinski definition) is 0. The molecule has 0 aromatic heterocycles. The van der Waals surface area contributed by atoms with E-state index in [1.54, 1.807) is 0 Å². The molecule has 0 N–H and O–H groups in total. The summed E-state index contributed by atoms with van der Waals surface area (Å²) in [6, 6.07) is 0. The van der Waals surface area contributed by atoms with Crippen molar-refractivity contribution in [3.8, 4) is 0 Å². The van der Waals surface area contributed by atoms with E-state index in [0.29, 0.717) is 5.92 Å². The zero-order chi connectivity index (χ0) is 14.0. The molecular formula is C18H32. The number of rotatable bonds is 4. The van der Waals surface area contributed by atoms with Gasteiger partial charge in [0.05, 0.1) is 0 Å².